The van der Waals surface area contributed by atoms with Gasteiger partial charge in [0.2, 0.25) is 0 Å². The number of carbonyl (C=O) groups is 3. The molecule has 0 aromatic rings. The van der Waals surface area contributed by atoms with Crippen LogP contribution in [0.5, 0.6) is 0 Å². The highest BCUT2D eigenvalue weighted by atomic mass is 16.5. The van der Waals surface area contributed by atoms with E-state index in [2.05, 4.69) is 4.74 Å². The molecular weight excluding hydrogens is 194 g/mol. The number of methoxy groups -OCH3 is 1. The van der Waals surface area contributed by atoms with Crippen LogP contribution in [0.15, 0.2) is 0 Å². The van der Waals surface area contributed by atoms with Crippen molar-refractivity contribution in [3.05, 3.63) is 0 Å². The third-order valence-corrected chi connectivity index (χ3v) is 1.58. The Kier molecular flexibility index (Phi) is 3.88. The predicted molar refractivity (Wildman–Crippen MR) is 43.8 cm³/mol. The molecule has 14 heavy (non-hydrogen) atoms. The van der Waals surface area contributed by atoms with Gasteiger partial charge in [0, 0.05) is 0 Å². The first-order chi connectivity index (χ1) is 6.31. The van der Waals surface area contributed by atoms with Gasteiger partial charge in [-0.1, -0.05) is 0 Å². The average molecular weight is 205 g/mol. The van der Waals surface area contributed by atoms with Crippen molar-refractivity contribution in [2.45, 2.75) is 18.9 Å². The summed E-state index contributed by atoms with van der Waals surface area (Å²) in [6.45, 7) is 1.08. The molecule has 0 radical (unpaired) electrons. The highest BCUT2D eigenvalue weighted by molar-refractivity contribution is 5.88. The van der Waals surface area contributed by atoms with E-state index in [0.717, 1.165) is 14.0 Å². The van der Waals surface area contributed by atoms with Gasteiger partial charge >= 0.3 is 18.0 Å². The Morgan fingerprint density at radius 1 is 1.36 bits per heavy atom. The van der Waals surface area contributed by atoms with E-state index < -0.39 is 30.0 Å². The molecule has 1 unspecified atom stereocenters. The minimum absolute atomic E-state index is 0.564. The first kappa shape index (κ1) is 12.2. The summed E-state index contributed by atoms with van der Waals surface area (Å²) in [5.74, 6) is -2.24. The monoisotopic (exact) mass is 205 g/mol. The third kappa shape index (κ3) is 3.30. The summed E-state index contributed by atoms with van der Waals surface area (Å²) in [6, 6.07) is 0. The van der Waals surface area contributed by atoms with Gasteiger partial charge in [0.05, 0.1) is 13.5 Å². The molecule has 7 heteroatoms. The molecule has 0 aliphatic heterocycles. The summed E-state index contributed by atoms with van der Waals surface area (Å²) in [4.78, 5) is 31.7. The quantitative estimate of drug-likeness (QED) is 0.541. The zero-order chi connectivity index (χ0) is 11.4. The number of nitrogens with one attached hydrogen (secondary N) is 1. The molecule has 1 amide bonds. The minimum atomic E-state index is -1.86. The van der Waals surface area contributed by atoms with Crippen molar-refractivity contribution in [3.63, 3.8) is 0 Å². The lowest BCUT2D eigenvalue weighted by Crippen LogP contribution is -2.53. The fourth-order valence-electron chi connectivity index (χ4n) is 0.770. The van der Waals surface area contributed by atoms with Crippen molar-refractivity contribution in [2.75, 3.05) is 7.11 Å². The van der Waals surface area contributed by atoms with Crippen molar-refractivity contribution in [1.29, 1.82) is 0 Å². The predicted octanol–water partition coefficient (Wildman–Crippen LogP) is -0.340. The van der Waals surface area contributed by atoms with Crippen molar-refractivity contribution in [1.82, 2.24) is 5.32 Å². The molecule has 0 spiro atoms. The number of amides is 1. The Hall–Kier alpha value is -1.79. The third-order valence-electron chi connectivity index (χ3n) is 1.58. The van der Waals surface area contributed by atoms with Crippen LogP contribution < -0.4 is 5.32 Å². The topological polar surface area (TPSA) is 113 Å². The summed E-state index contributed by atoms with van der Waals surface area (Å²) in [7, 11) is 1.09. The number of aliphatic carboxylic acids is 1. The van der Waals surface area contributed by atoms with E-state index in [1.165, 1.54) is 0 Å². The molecule has 0 aliphatic carbocycles. The van der Waals surface area contributed by atoms with Crippen molar-refractivity contribution < 1.29 is 29.3 Å². The molecule has 0 rings (SSSR count). The van der Waals surface area contributed by atoms with Gasteiger partial charge in [0.25, 0.3) is 0 Å². The fourth-order valence-corrected chi connectivity index (χ4v) is 0.770. The Bertz CT molecular complexity index is 263. The molecule has 7 nitrogen and oxygen atoms in total. The van der Waals surface area contributed by atoms with Gasteiger partial charge in [-0.15, -0.1) is 0 Å². The lowest BCUT2D eigenvalue weighted by Gasteiger charge is -2.22. The van der Waals surface area contributed by atoms with Crippen LogP contribution in [0.3, 0.4) is 0 Å². The highest BCUT2D eigenvalue weighted by Gasteiger charge is 2.37. The van der Waals surface area contributed by atoms with Gasteiger partial charge in [0.15, 0.2) is 0 Å². The molecule has 0 saturated carbocycles. The molecule has 0 saturated heterocycles. The highest BCUT2D eigenvalue weighted by Crippen LogP contribution is 2.10. The molecule has 0 fully saturated rings. The van der Waals surface area contributed by atoms with Crippen molar-refractivity contribution in [2.24, 2.45) is 0 Å². The summed E-state index contributed by atoms with van der Waals surface area (Å²) >= 11 is 0. The van der Waals surface area contributed by atoms with E-state index in [-0.39, 0.29) is 0 Å². The summed E-state index contributed by atoms with van der Waals surface area (Å²) in [6.07, 6.45) is -2.08. The standard InChI is InChI=1S/C7H11NO6/c1-7(5(10)11,8-6(12)13)3-4(9)14-2/h8H,3H2,1-2H3,(H,10,11)(H,12,13). The van der Waals surface area contributed by atoms with E-state index in [4.69, 9.17) is 10.2 Å². The zero-order valence-corrected chi connectivity index (χ0v) is 7.73. The van der Waals surface area contributed by atoms with Crippen LogP contribution in [0, 0.1) is 0 Å². The number of rotatable bonds is 4. The van der Waals surface area contributed by atoms with Crippen LogP contribution in [-0.2, 0) is 14.3 Å². The largest absolute Gasteiger partial charge is 0.479 e. The molecule has 0 heterocycles. The average Bonchev–Trinajstić information content (AvgIpc) is 2.02. The van der Waals surface area contributed by atoms with Crippen LogP contribution in [0.2, 0.25) is 0 Å². The lowest BCUT2D eigenvalue weighted by atomic mass is 9.98. The van der Waals surface area contributed by atoms with Crippen LogP contribution in [0.1, 0.15) is 13.3 Å². The molecule has 0 aromatic heterocycles. The number of hydrogen-bond donors (Lipinski definition) is 3. The maximum absolute atomic E-state index is 10.8. The van der Waals surface area contributed by atoms with Gasteiger partial charge in [0.1, 0.15) is 5.54 Å². The maximum atomic E-state index is 10.8. The van der Waals surface area contributed by atoms with E-state index >= 15 is 0 Å². The summed E-state index contributed by atoms with van der Waals surface area (Å²) < 4.78 is 4.24. The molecule has 0 aliphatic rings. The van der Waals surface area contributed by atoms with Crippen LogP contribution in [0.25, 0.3) is 0 Å². The van der Waals surface area contributed by atoms with E-state index in [9.17, 15) is 14.4 Å². The van der Waals surface area contributed by atoms with Gasteiger partial charge < -0.3 is 20.3 Å². The summed E-state index contributed by atoms with van der Waals surface area (Å²) in [5, 5.41) is 18.8. The van der Waals surface area contributed by atoms with Gasteiger partial charge in [-0.25, -0.2) is 9.59 Å². The SMILES string of the molecule is COC(=O)CC(C)(NC(=O)O)C(=O)O. The normalized spacial score (nSPS) is 13.9. The Morgan fingerprint density at radius 3 is 2.14 bits per heavy atom. The van der Waals surface area contributed by atoms with Gasteiger partial charge in [-0.3, -0.25) is 4.79 Å². The number of carboxylic acid groups (broad SMARTS) is 2. The molecule has 0 aromatic carbocycles. The van der Waals surface area contributed by atoms with Crippen LogP contribution >= 0.6 is 0 Å². The maximum Gasteiger partial charge on any atom is 0.405 e. The molecule has 80 valence electrons. The van der Waals surface area contributed by atoms with E-state index in [1.807, 2.05) is 0 Å². The van der Waals surface area contributed by atoms with Crippen LogP contribution in [-0.4, -0.2) is 40.9 Å². The first-order valence-corrected chi connectivity index (χ1v) is 3.63. The fraction of sp³-hybridized carbons (Fsp3) is 0.571. The van der Waals surface area contributed by atoms with Gasteiger partial charge in [-0.05, 0) is 6.92 Å². The van der Waals surface area contributed by atoms with E-state index in [1.54, 1.807) is 5.32 Å². The Morgan fingerprint density at radius 2 is 1.86 bits per heavy atom. The number of carbonyl (C=O) groups excluding carboxylic acids is 1. The number of carboxylic acids is 1. The number of ether oxygens (including phenoxy) is 1. The first-order valence-electron chi connectivity index (χ1n) is 3.63. The Balaban J connectivity index is 4.63. The number of hydrogen-bond acceptors (Lipinski definition) is 4. The van der Waals surface area contributed by atoms with Crippen molar-refractivity contribution in [3.8, 4) is 0 Å². The second-order valence-electron chi connectivity index (χ2n) is 2.82. The van der Waals surface area contributed by atoms with Crippen LogP contribution in [0.4, 0.5) is 4.79 Å². The molecule has 3 N–H and O–H groups in total. The van der Waals surface area contributed by atoms with Gasteiger partial charge in [-0.2, -0.15) is 0 Å². The van der Waals surface area contributed by atoms with Crippen molar-refractivity contribution >= 4 is 18.0 Å². The zero-order valence-electron chi connectivity index (χ0n) is 7.73. The molecule has 1 atom stereocenters. The number of esters is 1. The lowest BCUT2D eigenvalue weighted by molar-refractivity contribution is -0.151. The minimum Gasteiger partial charge on any atom is -0.479 e. The summed E-state index contributed by atoms with van der Waals surface area (Å²) in [5.41, 5.74) is -1.86. The second-order valence-corrected chi connectivity index (χ2v) is 2.82. The smallest absolute Gasteiger partial charge is 0.405 e. The second kappa shape index (κ2) is 4.45. The molecular formula is C7H11NO6. The molecule has 0 bridgehead atoms. The Labute approximate surface area is 79.7 Å². The van der Waals surface area contributed by atoms with E-state index in [0.29, 0.717) is 0 Å².